The summed E-state index contributed by atoms with van der Waals surface area (Å²) in [6.07, 6.45) is 4.65. The normalized spacial score (nSPS) is 39.2. The van der Waals surface area contributed by atoms with Crippen LogP contribution in [0.15, 0.2) is 0 Å². The minimum atomic E-state index is 0.379. The summed E-state index contributed by atoms with van der Waals surface area (Å²) >= 11 is 0. The van der Waals surface area contributed by atoms with Crippen LogP contribution in [-0.2, 0) is 9.47 Å². The van der Waals surface area contributed by atoms with Gasteiger partial charge in [0.1, 0.15) is 0 Å². The average Bonchev–Trinajstić information content (AvgIpc) is 2.25. The van der Waals surface area contributed by atoms with Crippen molar-refractivity contribution >= 4 is 0 Å². The summed E-state index contributed by atoms with van der Waals surface area (Å²) in [4.78, 5) is 2.52. The minimum absolute atomic E-state index is 0.379. The maximum Gasteiger partial charge on any atom is 0.0702 e. The molecule has 0 radical (unpaired) electrons. The van der Waals surface area contributed by atoms with E-state index in [1.165, 1.54) is 19.3 Å². The lowest BCUT2D eigenvalue weighted by molar-refractivity contribution is -0.0777. The van der Waals surface area contributed by atoms with Crippen molar-refractivity contribution in [1.29, 1.82) is 0 Å². The molecule has 0 saturated carbocycles. The molecule has 0 aromatic rings. The third-order valence-electron chi connectivity index (χ3n) is 3.45. The van der Waals surface area contributed by atoms with E-state index in [4.69, 9.17) is 9.47 Å². The zero-order valence-electron chi connectivity index (χ0n) is 9.95. The van der Waals surface area contributed by atoms with Crippen LogP contribution in [0.3, 0.4) is 0 Å². The van der Waals surface area contributed by atoms with Gasteiger partial charge in [0.05, 0.1) is 18.8 Å². The molecule has 2 rings (SSSR count). The maximum absolute atomic E-state index is 5.78. The minimum Gasteiger partial charge on any atom is -0.377 e. The molecular weight excluding hydrogens is 190 g/mol. The molecule has 0 N–H and O–H groups in total. The summed E-state index contributed by atoms with van der Waals surface area (Å²) in [6.45, 7) is 8.37. The molecule has 2 aliphatic rings. The Bertz CT molecular complexity index is 192. The summed E-state index contributed by atoms with van der Waals surface area (Å²) < 4.78 is 11.4. The molecule has 0 amide bonds. The van der Waals surface area contributed by atoms with E-state index in [9.17, 15) is 0 Å². The summed E-state index contributed by atoms with van der Waals surface area (Å²) in [7, 11) is 0. The number of nitrogens with zero attached hydrogens (tertiary/aromatic N) is 1. The molecule has 0 spiro atoms. The zero-order valence-corrected chi connectivity index (χ0v) is 9.95. The Morgan fingerprint density at radius 3 is 2.80 bits per heavy atom. The number of hydrogen-bond acceptors (Lipinski definition) is 3. The van der Waals surface area contributed by atoms with Crippen LogP contribution in [0.5, 0.6) is 0 Å². The molecule has 3 atom stereocenters. The van der Waals surface area contributed by atoms with Gasteiger partial charge in [-0.05, 0) is 33.1 Å². The Morgan fingerprint density at radius 1 is 1.20 bits per heavy atom. The first kappa shape index (κ1) is 11.4. The first-order chi connectivity index (χ1) is 7.25. The number of rotatable bonds is 2. The van der Waals surface area contributed by atoms with E-state index in [-0.39, 0.29) is 0 Å². The highest BCUT2D eigenvalue weighted by molar-refractivity contribution is 4.78. The van der Waals surface area contributed by atoms with Crippen LogP contribution in [0.2, 0.25) is 0 Å². The number of morpholine rings is 1. The fourth-order valence-corrected chi connectivity index (χ4v) is 2.44. The third kappa shape index (κ3) is 3.16. The molecule has 3 heteroatoms. The van der Waals surface area contributed by atoms with E-state index in [1.807, 2.05) is 0 Å². The van der Waals surface area contributed by atoms with Crippen LogP contribution in [0.1, 0.15) is 33.1 Å². The molecule has 0 unspecified atom stereocenters. The Hall–Kier alpha value is -0.120. The molecule has 3 nitrogen and oxygen atoms in total. The number of hydrogen-bond donors (Lipinski definition) is 0. The predicted octanol–water partition coefficient (Wildman–Crippen LogP) is 1.66. The van der Waals surface area contributed by atoms with Gasteiger partial charge in [-0.2, -0.15) is 0 Å². The van der Waals surface area contributed by atoms with Gasteiger partial charge in [-0.25, -0.2) is 0 Å². The molecule has 15 heavy (non-hydrogen) atoms. The van der Waals surface area contributed by atoms with Crippen LogP contribution >= 0.6 is 0 Å². The summed E-state index contributed by atoms with van der Waals surface area (Å²) in [5.74, 6) is 0. The topological polar surface area (TPSA) is 21.7 Å². The summed E-state index contributed by atoms with van der Waals surface area (Å²) in [6, 6.07) is 0.548. The van der Waals surface area contributed by atoms with E-state index in [2.05, 4.69) is 18.7 Å². The summed E-state index contributed by atoms with van der Waals surface area (Å²) in [5.41, 5.74) is 0. The molecule has 0 aliphatic carbocycles. The van der Waals surface area contributed by atoms with E-state index in [1.54, 1.807) is 0 Å². The van der Waals surface area contributed by atoms with Gasteiger partial charge < -0.3 is 9.47 Å². The fourth-order valence-electron chi connectivity index (χ4n) is 2.44. The lowest BCUT2D eigenvalue weighted by Gasteiger charge is -2.39. The lowest BCUT2D eigenvalue weighted by Crippen LogP contribution is -2.50. The van der Waals surface area contributed by atoms with E-state index in [0.717, 1.165) is 26.3 Å². The highest BCUT2D eigenvalue weighted by atomic mass is 16.5. The molecule has 2 fully saturated rings. The molecule has 0 aromatic carbocycles. The molecule has 88 valence electrons. The highest BCUT2D eigenvalue weighted by Gasteiger charge is 2.26. The Labute approximate surface area is 92.7 Å². The van der Waals surface area contributed by atoms with Crippen LogP contribution in [0.4, 0.5) is 0 Å². The second-order valence-electron chi connectivity index (χ2n) is 4.94. The molecule has 0 aromatic heterocycles. The fraction of sp³-hybridized carbons (Fsp3) is 1.00. The van der Waals surface area contributed by atoms with Crippen LogP contribution in [-0.4, -0.2) is 49.5 Å². The maximum atomic E-state index is 5.78. The van der Waals surface area contributed by atoms with E-state index < -0.39 is 0 Å². The van der Waals surface area contributed by atoms with Crippen molar-refractivity contribution < 1.29 is 9.47 Å². The quantitative estimate of drug-likeness (QED) is 0.696. The van der Waals surface area contributed by atoms with Crippen molar-refractivity contribution in [3.8, 4) is 0 Å². The monoisotopic (exact) mass is 213 g/mol. The second-order valence-corrected chi connectivity index (χ2v) is 4.94. The standard InChI is InChI=1S/C12H23NO2/c1-10-9-15-11(2)7-13(10)8-12-5-3-4-6-14-12/h10-12H,3-9H2,1-2H3/t10-,11-,12+/m1/s1. The van der Waals surface area contributed by atoms with Crippen LogP contribution in [0.25, 0.3) is 0 Å². The van der Waals surface area contributed by atoms with Gasteiger partial charge in [-0.15, -0.1) is 0 Å². The lowest BCUT2D eigenvalue weighted by atomic mass is 10.1. The van der Waals surface area contributed by atoms with Crippen LogP contribution in [0, 0.1) is 0 Å². The predicted molar refractivity (Wildman–Crippen MR) is 60.0 cm³/mol. The van der Waals surface area contributed by atoms with Crippen molar-refractivity contribution in [3.05, 3.63) is 0 Å². The molecule has 2 heterocycles. The number of ether oxygens (including phenoxy) is 2. The van der Waals surface area contributed by atoms with Crippen molar-refractivity contribution in [2.45, 2.75) is 51.4 Å². The summed E-state index contributed by atoms with van der Waals surface area (Å²) in [5, 5.41) is 0. The van der Waals surface area contributed by atoms with E-state index >= 15 is 0 Å². The smallest absolute Gasteiger partial charge is 0.0702 e. The third-order valence-corrected chi connectivity index (χ3v) is 3.45. The molecule has 0 bridgehead atoms. The highest BCUT2D eigenvalue weighted by Crippen LogP contribution is 2.17. The largest absolute Gasteiger partial charge is 0.377 e. The Kier molecular flexibility index (Phi) is 4.00. The molecular formula is C12H23NO2. The van der Waals surface area contributed by atoms with Gasteiger partial charge in [0, 0.05) is 25.7 Å². The molecule has 2 saturated heterocycles. The van der Waals surface area contributed by atoms with Gasteiger partial charge in [0.15, 0.2) is 0 Å². The van der Waals surface area contributed by atoms with Crippen molar-refractivity contribution in [1.82, 2.24) is 4.90 Å². The Morgan fingerprint density at radius 2 is 2.07 bits per heavy atom. The van der Waals surface area contributed by atoms with Crippen molar-refractivity contribution in [2.75, 3.05) is 26.3 Å². The molecule has 2 aliphatic heterocycles. The van der Waals surface area contributed by atoms with Gasteiger partial charge in [0.2, 0.25) is 0 Å². The van der Waals surface area contributed by atoms with E-state index in [0.29, 0.717) is 18.2 Å². The Balaban J connectivity index is 1.80. The first-order valence-corrected chi connectivity index (χ1v) is 6.23. The SMILES string of the molecule is C[C@@H]1CN(C[C@@H]2CCCCO2)[C@H](C)CO1. The average molecular weight is 213 g/mol. The first-order valence-electron chi connectivity index (χ1n) is 6.23. The zero-order chi connectivity index (χ0) is 10.7. The second kappa shape index (κ2) is 5.28. The van der Waals surface area contributed by atoms with Gasteiger partial charge >= 0.3 is 0 Å². The van der Waals surface area contributed by atoms with Crippen molar-refractivity contribution in [2.24, 2.45) is 0 Å². The van der Waals surface area contributed by atoms with Gasteiger partial charge in [0.25, 0.3) is 0 Å². The van der Waals surface area contributed by atoms with Crippen LogP contribution < -0.4 is 0 Å². The van der Waals surface area contributed by atoms with Gasteiger partial charge in [-0.1, -0.05) is 0 Å². The van der Waals surface area contributed by atoms with Crippen molar-refractivity contribution in [3.63, 3.8) is 0 Å². The van der Waals surface area contributed by atoms with Gasteiger partial charge in [-0.3, -0.25) is 4.90 Å².